The summed E-state index contributed by atoms with van der Waals surface area (Å²) in [5.74, 6) is 0.854. The number of hydrogen-bond acceptors (Lipinski definition) is 5. The summed E-state index contributed by atoms with van der Waals surface area (Å²) in [6.07, 6.45) is 3.64. The lowest BCUT2D eigenvalue weighted by Gasteiger charge is -2.32. The molecular formula is C21H29BN2O3. The van der Waals surface area contributed by atoms with Gasteiger partial charge in [0.1, 0.15) is 12.4 Å². The molecule has 6 heteroatoms. The molecule has 1 fully saturated rings. The molecule has 1 saturated heterocycles. The number of benzene rings is 1. The zero-order valence-electron chi connectivity index (χ0n) is 16.9. The standard InChI is InChI=1S/C21H29BN2O3/c1-20(2)21(3,4)27-22(26-20)18-6-8-19(9-7-18)25-15-14-24(5)16-17-10-12-23-13-11-17/h6-13H,14-16H2,1-5H3. The molecule has 2 heterocycles. The molecule has 1 aliphatic rings. The van der Waals surface area contributed by atoms with E-state index in [4.69, 9.17) is 14.0 Å². The molecular weight excluding hydrogens is 339 g/mol. The molecule has 3 rings (SSSR count). The van der Waals surface area contributed by atoms with E-state index >= 15 is 0 Å². The van der Waals surface area contributed by atoms with E-state index in [0.29, 0.717) is 6.61 Å². The van der Waals surface area contributed by atoms with Crippen molar-refractivity contribution < 1.29 is 14.0 Å². The van der Waals surface area contributed by atoms with Gasteiger partial charge in [-0.15, -0.1) is 0 Å². The van der Waals surface area contributed by atoms with Crippen molar-refractivity contribution in [1.29, 1.82) is 0 Å². The molecule has 2 aromatic rings. The highest BCUT2D eigenvalue weighted by Gasteiger charge is 2.51. The molecule has 0 N–H and O–H groups in total. The minimum Gasteiger partial charge on any atom is -0.492 e. The van der Waals surface area contributed by atoms with Crippen LogP contribution in [0.1, 0.15) is 33.3 Å². The van der Waals surface area contributed by atoms with Crippen LogP contribution in [0, 0.1) is 0 Å². The Hall–Kier alpha value is -1.89. The lowest BCUT2D eigenvalue weighted by molar-refractivity contribution is 0.00578. The van der Waals surface area contributed by atoms with E-state index in [0.717, 1.165) is 24.3 Å². The first kappa shape index (κ1) is 19.9. The molecule has 1 aliphatic heterocycles. The Labute approximate surface area is 162 Å². The highest BCUT2D eigenvalue weighted by molar-refractivity contribution is 6.62. The van der Waals surface area contributed by atoms with Gasteiger partial charge in [-0.3, -0.25) is 9.88 Å². The fraction of sp³-hybridized carbons (Fsp3) is 0.476. The SMILES string of the molecule is CN(CCOc1ccc(B2OC(C)(C)C(C)(C)O2)cc1)Cc1ccncc1. The van der Waals surface area contributed by atoms with Gasteiger partial charge in [0, 0.05) is 25.5 Å². The molecule has 27 heavy (non-hydrogen) atoms. The van der Waals surface area contributed by atoms with Crippen molar-refractivity contribution >= 4 is 12.6 Å². The van der Waals surface area contributed by atoms with Gasteiger partial charge in [-0.1, -0.05) is 12.1 Å². The van der Waals surface area contributed by atoms with Gasteiger partial charge in [0.05, 0.1) is 11.2 Å². The molecule has 0 radical (unpaired) electrons. The topological polar surface area (TPSA) is 43.8 Å². The minimum atomic E-state index is -0.337. The molecule has 1 aromatic heterocycles. The first-order valence-electron chi connectivity index (χ1n) is 9.43. The molecule has 1 aromatic carbocycles. The summed E-state index contributed by atoms with van der Waals surface area (Å²) in [6.45, 7) is 10.6. The van der Waals surface area contributed by atoms with Crippen molar-refractivity contribution in [3.8, 4) is 5.75 Å². The van der Waals surface area contributed by atoms with Crippen molar-refractivity contribution in [2.45, 2.75) is 45.4 Å². The maximum Gasteiger partial charge on any atom is 0.494 e. The highest BCUT2D eigenvalue weighted by Crippen LogP contribution is 2.36. The van der Waals surface area contributed by atoms with Crippen LogP contribution in [-0.2, 0) is 15.9 Å². The fourth-order valence-corrected chi connectivity index (χ4v) is 2.90. The number of nitrogens with zero attached hydrogens (tertiary/aromatic N) is 2. The number of aromatic nitrogens is 1. The number of hydrogen-bond donors (Lipinski definition) is 0. The van der Waals surface area contributed by atoms with E-state index in [1.165, 1.54) is 5.56 Å². The summed E-state index contributed by atoms with van der Waals surface area (Å²) in [5, 5.41) is 0. The normalized spacial score (nSPS) is 18.1. The van der Waals surface area contributed by atoms with Crippen molar-refractivity contribution in [3.05, 3.63) is 54.4 Å². The average molecular weight is 368 g/mol. The molecule has 0 aliphatic carbocycles. The first-order chi connectivity index (χ1) is 12.8. The van der Waals surface area contributed by atoms with Gasteiger partial charge in [0.2, 0.25) is 0 Å². The Balaban J connectivity index is 1.47. The van der Waals surface area contributed by atoms with Gasteiger partial charge in [0.15, 0.2) is 0 Å². The number of rotatable bonds is 7. The molecule has 0 amide bonds. The van der Waals surface area contributed by atoms with E-state index in [9.17, 15) is 0 Å². The Bertz CT molecular complexity index is 719. The van der Waals surface area contributed by atoms with Crippen LogP contribution in [0.2, 0.25) is 0 Å². The fourth-order valence-electron chi connectivity index (χ4n) is 2.90. The van der Waals surface area contributed by atoms with Crippen molar-refractivity contribution in [3.63, 3.8) is 0 Å². The predicted molar refractivity (Wildman–Crippen MR) is 108 cm³/mol. The van der Waals surface area contributed by atoms with Crippen LogP contribution in [0.15, 0.2) is 48.8 Å². The second-order valence-electron chi connectivity index (χ2n) is 8.10. The Morgan fingerprint density at radius 2 is 1.56 bits per heavy atom. The summed E-state index contributed by atoms with van der Waals surface area (Å²) in [5.41, 5.74) is 1.61. The summed E-state index contributed by atoms with van der Waals surface area (Å²) in [7, 11) is 1.75. The van der Waals surface area contributed by atoms with E-state index < -0.39 is 0 Å². The largest absolute Gasteiger partial charge is 0.494 e. The lowest BCUT2D eigenvalue weighted by atomic mass is 9.79. The number of likely N-dealkylation sites (N-methyl/N-ethyl adjacent to an activating group) is 1. The molecule has 0 spiro atoms. The lowest BCUT2D eigenvalue weighted by Crippen LogP contribution is -2.41. The maximum atomic E-state index is 6.09. The third-order valence-corrected chi connectivity index (χ3v) is 5.35. The zero-order valence-corrected chi connectivity index (χ0v) is 16.9. The van der Waals surface area contributed by atoms with Crippen LogP contribution in [-0.4, -0.2) is 48.4 Å². The minimum absolute atomic E-state index is 0.327. The average Bonchev–Trinajstić information content (AvgIpc) is 2.84. The smallest absolute Gasteiger partial charge is 0.492 e. The Morgan fingerprint density at radius 1 is 0.963 bits per heavy atom. The zero-order chi connectivity index (χ0) is 19.5. The number of pyridine rings is 1. The second-order valence-corrected chi connectivity index (χ2v) is 8.10. The summed E-state index contributed by atoms with van der Waals surface area (Å²) in [6, 6.07) is 12.0. The van der Waals surface area contributed by atoms with Crippen LogP contribution in [0.3, 0.4) is 0 Å². The molecule has 0 saturated carbocycles. The summed E-state index contributed by atoms with van der Waals surface area (Å²) < 4.78 is 18.0. The number of ether oxygens (including phenoxy) is 1. The van der Waals surface area contributed by atoms with Gasteiger partial charge in [0.25, 0.3) is 0 Å². The first-order valence-corrected chi connectivity index (χ1v) is 9.43. The third-order valence-electron chi connectivity index (χ3n) is 5.35. The van der Waals surface area contributed by atoms with Gasteiger partial charge in [-0.25, -0.2) is 0 Å². The van der Waals surface area contributed by atoms with E-state index in [-0.39, 0.29) is 18.3 Å². The highest BCUT2D eigenvalue weighted by atomic mass is 16.7. The molecule has 0 atom stereocenters. The van der Waals surface area contributed by atoms with Crippen LogP contribution < -0.4 is 10.2 Å². The summed E-state index contributed by atoms with van der Waals surface area (Å²) in [4.78, 5) is 6.28. The van der Waals surface area contributed by atoms with Crippen LogP contribution >= 0.6 is 0 Å². The van der Waals surface area contributed by atoms with Crippen molar-refractivity contribution in [1.82, 2.24) is 9.88 Å². The van der Waals surface area contributed by atoms with E-state index in [2.05, 4.69) is 44.6 Å². The van der Waals surface area contributed by atoms with Crippen molar-refractivity contribution in [2.24, 2.45) is 0 Å². The Morgan fingerprint density at radius 3 is 2.15 bits per heavy atom. The third kappa shape index (κ3) is 4.89. The van der Waals surface area contributed by atoms with Gasteiger partial charge < -0.3 is 14.0 Å². The van der Waals surface area contributed by atoms with Crippen LogP contribution in [0.5, 0.6) is 5.75 Å². The quantitative estimate of drug-likeness (QED) is 0.704. The Kier molecular flexibility index (Phi) is 5.89. The predicted octanol–water partition coefficient (Wildman–Crippen LogP) is 2.89. The van der Waals surface area contributed by atoms with Crippen LogP contribution in [0.4, 0.5) is 0 Å². The molecule has 5 nitrogen and oxygen atoms in total. The van der Waals surface area contributed by atoms with E-state index in [1.807, 2.05) is 48.8 Å². The van der Waals surface area contributed by atoms with Crippen LogP contribution in [0.25, 0.3) is 0 Å². The monoisotopic (exact) mass is 368 g/mol. The molecule has 144 valence electrons. The second kappa shape index (κ2) is 8.01. The molecule has 0 bridgehead atoms. The maximum absolute atomic E-state index is 6.09. The molecule has 0 unspecified atom stereocenters. The van der Waals surface area contributed by atoms with Crippen molar-refractivity contribution in [2.75, 3.05) is 20.2 Å². The van der Waals surface area contributed by atoms with Gasteiger partial charge in [-0.2, -0.15) is 0 Å². The van der Waals surface area contributed by atoms with E-state index in [1.54, 1.807) is 0 Å². The summed E-state index contributed by atoms with van der Waals surface area (Å²) >= 11 is 0. The van der Waals surface area contributed by atoms with Gasteiger partial charge >= 0.3 is 7.12 Å². The van der Waals surface area contributed by atoms with Gasteiger partial charge in [-0.05, 0) is 70.0 Å².